The number of rotatable bonds is 4. The Balaban J connectivity index is 1.40. The van der Waals surface area contributed by atoms with Crippen molar-refractivity contribution in [3.05, 3.63) is 94.7 Å². The van der Waals surface area contributed by atoms with Crippen LogP contribution in [-0.4, -0.2) is 17.4 Å². The molecule has 1 aliphatic rings. The average molecular weight is 357 g/mol. The number of nitrogens with zero attached hydrogens (tertiary/aromatic N) is 2. The summed E-state index contributed by atoms with van der Waals surface area (Å²) in [7, 11) is 0. The number of pyridine rings is 1. The molecule has 1 aromatic heterocycles. The van der Waals surface area contributed by atoms with Gasteiger partial charge in [0.05, 0.1) is 5.56 Å². The van der Waals surface area contributed by atoms with Gasteiger partial charge in [-0.3, -0.25) is 4.79 Å². The molecule has 4 rings (SSSR count). The van der Waals surface area contributed by atoms with Gasteiger partial charge in [0.15, 0.2) is 0 Å². The van der Waals surface area contributed by atoms with Crippen LogP contribution in [0.5, 0.6) is 0 Å². The smallest absolute Gasteiger partial charge is 0.253 e. The van der Waals surface area contributed by atoms with Crippen LogP contribution in [0.1, 0.15) is 32.6 Å². The highest BCUT2D eigenvalue weighted by atomic mass is 16.1. The van der Waals surface area contributed by atoms with Crippen LogP contribution in [0, 0.1) is 6.92 Å². The summed E-state index contributed by atoms with van der Waals surface area (Å²) in [6, 6.07) is 20.4. The van der Waals surface area contributed by atoms with E-state index in [4.69, 9.17) is 0 Å². The Morgan fingerprint density at radius 3 is 2.59 bits per heavy atom. The van der Waals surface area contributed by atoms with E-state index in [0.29, 0.717) is 12.1 Å². The molecule has 3 aromatic rings. The van der Waals surface area contributed by atoms with Gasteiger partial charge in [-0.2, -0.15) is 0 Å². The number of anilines is 1. The van der Waals surface area contributed by atoms with E-state index in [9.17, 15) is 4.79 Å². The fraction of sp³-hybridized carbons (Fsp3) is 0.217. The van der Waals surface area contributed by atoms with Crippen molar-refractivity contribution >= 4 is 11.7 Å². The fourth-order valence-corrected chi connectivity index (χ4v) is 3.48. The molecule has 2 heterocycles. The number of hydrogen-bond acceptors (Lipinski definition) is 3. The van der Waals surface area contributed by atoms with Gasteiger partial charge in [0.1, 0.15) is 5.82 Å². The highest BCUT2D eigenvalue weighted by Crippen LogP contribution is 2.23. The maximum atomic E-state index is 12.4. The third kappa shape index (κ3) is 3.85. The molecule has 0 bridgehead atoms. The molecular formula is C23H23N3O. The number of benzene rings is 2. The number of aromatic nitrogens is 1. The monoisotopic (exact) mass is 357 g/mol. The van der Waals surface area contributed by atoms with Crippen molar-refractivity contribution in [1.82, 2.24) is 10.3 Å². The van der Waals surface area contributed by atoms with Crippen LogP contribution in [0.25, 0.3) is 0 Å². The number of hydrogen-bond donors (Lipinski definition) is 1. The average Bonchev–Trinajstić information content (AvgIpc) is 2.73. The first-order valence-corrected chi connectivity index (χ1v) is 9.31. The van der Waals surface area contributed by atoms with Crippen LogP contribution in [-0.2, 0) is 19.5 Å². The van der Waals surface area contributed by atoms with Crippen LogP contribution in [0.2, 0.25) is 0 Å². The van der Waals surface area contributed by atoms with Crippen LogP contribution >= 0.6 is 0 Å². The number of carbonyl (C=O) groups excluding carboxylic acids is 1. The minimum atomic E-state index is -0.0960. The van der Waals surface area contributed by atoms with Crippen molar-refractivity contribution in [1.29, 1.82) is 0 Å². The summed E-state index contributed by atoms with van der Waals surface area (Å²) in [4.78, 5) is 19.2. The highest BCUT2D eigenvalue weighted by molar-refractivity contribution is 5.94. The fourth-order valence-electron chi connectivity index (χ4n) is 3.48. The number of nitrogens with one attached hydrogen (secondary N) is 1. The van der Waals surface area contributed by atoms with Gasteiger partial charge >= 0.3 is 0 Å². The van der Waals surface area contributed by atoms with Gasteiger partial charge in [0, 0.05) is 25.8 Å². The second kappa shape index (κ2) is 7.62. The van der Waals surface area contributed by atoms with Crippen molar-refractivity contribution in [2.24, 2.45) is 0 Å². The van der Waals surface area contributed by atoms with Gasteiger partial charge < -0.3 is 10.2 Å². The Kier molecular flexibility index (Phi) is 4.88. The Labute approximate surface area is 159 Å². The number of fused-ring (bicyclic) bond motifs is 1. The molecule has 2 aromatic carbocycles. The molecule has 0 saturated heterocycles. The van der Waals surface area contributed by atoms with E-state index < -0.39 is 0 Å². The second-order valence-corrected chi connectivity index (χ2v) is 6.95. The van der Waals surface area contributed by atoms with Crippen molar-refractivity contribution in [3.63, 3.8) is 0 Å². The third-order valence-electron chi connectivity index (χ3n) is 5.17. The van der Waals surface area contributed by atoms with Crippen molar-refractivity contribution in [2.45, 2.75) is 26.4 Å². The molecule has 0 spiro atoms. The summed E-state index contributed by atoms with van der Waals surface area (Å²) < 4.78 is 0. The lowest BCUT2D eigenvalue weighted by Crippen LogP contribution is -2.31. The summed E-state index contributed by atoms with van der Waals surface area (Å²) in [5, 5.41) is 2.98. The van der Waals surface area contributed by atoms with E-state index in [0.717, 1.165) is 30.9 Å². The molecule has 0 unspecified atom stereocenters. The first-order chi connectivity index (χ1) is 13.2. The summed E-state index contributed by atoms with van der Waals surface area (Å²) in [5.41, 5.74) is 5.66. The Morgan fingerprint density at radius 1 is 1.04 bits per heavy atom. The molecule has 27 heavy (non-hydrogen) atoms. The minimum absolute atomic E-state index is 0.0960. The van der Waals surface area contributed by atoms with Crippen LogP contribution < -0.4 is 10.2 Å². The molecule has 0 fully saturated rings. The predicted molar refractivity (Wildman–Crippen MR) is 108 cm³/mol. The van der Waals surface area contributed by atoms with Gasteiger partial charge in [-0.15, -0.1) is 0 Å². The number of carbonyl (C=O) groups is 1. The maximum absolute atomic E-state index is 12.4. The lowest BCUT2D eigenvalue weighted by Gasteiger charge is -2.29. The minimum Gasteiger partial charge on any atom is -0.352 e. The molecule has 0 atom stereocenters. The van der Waals surface area contributed by atoms with Gasteiger partial charge in [0.2, 0.25) is 0 Å². The molecule has 0 aliphatic carbocycles. The van der Waals surface area contributed by atoms with E-state index in [-0.39, 0.29) is 5.91 Å². The van der Waals surface area contributed by atoms with Crippen molar-refractivity contribution < 1.29 is 4.79 Å². The Morgan fingerprint density at radius 2 is 1.81 bits per heavy atom. The number of aryl methyl sites for hydroxylation is 1. The van der Waals surface area contributed by atoms with E-state index >= 15 is 0 Å². The van der Waals surface area contributed by atoms with E-state index in [2.05, 4.69) is 52.5 Å². The zero-order valence-corrected chi connectivity index (χ0v) is 15.5. The van der Waals surface area contributed by atoms with Crippen LogP contribution in [0.3, 0.4) is 0 Å². The molecule has 1 amide bonds. The van der Waals surface area contributed by atoms with E-state index in [1.54, 1.807) is 6.20 Å². The van der Waals surface area contributed by atoms with Crippen molar-refractivity contribution in [2.75, 3.05) is 11.4 Å². The van der Waals surface area contributed by atoms with Gasteiger partial charge in [0.25, 0.3) is 5.91 Å². The molecular weight excluding hydrogens is 334 g/mol. The molecule has 0 radical (unpaired) electrons. The maximum Gasteiger partial charge on any atom is 0.253 e. The highest BCUT2D eigenvalue weighted by Gasteiger charge is 2.17. The normalized spacial score (nSPS) is 13.1. The molecule has 0 saturated carbocycles. The van der Waals surface area contributed by atoms with Gasteiger partial charge in [-0.05, 0) is 47.7 Å². The predicted octanol–water partition coefficient (Wildman–Crippen LogP) is 3.88. The zero-order valence-electron chi connectivity index (χ0n) is 15.5. The molecule has 1 N–H and O–H groups in total. The first-order valence-electron chi connectivity index (χ1n) is 9.31. The summed E-state index contributed by atoms with van der Waals surface area (Å²) in [6.45, 7) is 4.38. The lowest BCUT2D eigenvalue weighted by atomic mass is 10.00. The summed E-state index contributed by atoms with van der Waals surface area (Å²) >= 11 is 0. The number of amides is 1. The first kappa shape index (κ1) is 17.3. The van der Waals surface area contributed by atoms with Gasteiger partial charge in [-0.1, -0.05) is 48.5 Å². The second-order valence-electron chi connectivity index (χ2n) is 6.95. The summed E-state index contributed by atoms with van der Waals surface area (Å²) in [6.07, 6.45) is 2.69. The largest absolute Gasteiger partial charge is 0.352 e. The van der Waals surface area contributed by atoms with E-state index in [1.807, 2.05) is 30.3 Å². The third-order valence-corrected chi connectivity index (χ3v) is 5.17. The van der Waals surface area contributed by atoms with Crippen LogP contribution in [0.15, 0.2) is 66.9 Å². The topological polar surface area (TPSA) is 45.2 Å². The quantitative estimate of drug-likeness (QED) is 0.771. The molecule has 136 valence electrons. The molecule has 4 heteroatoms. The standard InChI is InChI=1S/C23H23N3O/c1-17-6-2-3-8-19(17)14-25-23(27)20-10-11-22(24-15-20)26-13-12-18-7-4-5-9-21(18)16-26/h2-11,15H,12-14,16H2,1H3,(H,25,27). The van der Waals surface area contributed by atoms with Crippen LogP contribution in [0.4, 0.5) is 5.82 Å². The van der Waals surface area contributed by atoms with Gasteiger partial charge in [-0.25, -0.2) is 4.98 Å². The summed E-state index contributed by atoms with van der Waals surface area (Å²) in [5.74, 6) is 0.821. The lowest BCUT2D eigenvalue weighted by molar-refractivity contribution is 0.0950. The zero-order chi connectivity index (χ0) is 18.6. The Bertz CT molecular complexity index is 950. The van der Waals surface area contributed by atoms with Crippen molar-refractivity contribution in [3.8, 4) is 0 Å². The SMILES string of the molecule is Cc1ccccc1CNC(=O)c1ccc(N2CCc3ccccc3C2)nc1. The molecule has 4 nitrogen and oxygen atoms in total. The Hall–Kier alpha value is -3.14. The molecule has 1 aliphatic heterocycles. The van der Waals surface area contributed by atoms with E-state index in [1.165, 1.54) is 16.7 Å².